The average molecular weight is 865 g/mol. The van der Waals surface area contributed by atoms with E-state index in [1.165, 1.54) is 31.5 Å². The highest BCUT2D eigenvalue weighted by atomic mass is 35.5. The van der Waals surface area contributed by atoms with E-state index >= 15 is 0 Å². The number of halogens is 1. The number of hydrogen-bond acceptors (Lipinski definition) is 9. The van der Waals surface area contributed by atoms with Crippen molar-refractivity contribution >= 4 is 73.5 Å². The van der Waals surface area contributed by atoms with Crippen molar-refractivity contribution in [2.75, 3.05) is 89.8 Å². The van der Waals surface area contributed by atoms with Crippen molar-refractivity contribution in [1.29, 1.82) is 0 Å². The lowest BCUT2D eigenvalue weighted by Crippen LogP contribution is -2.55. The molecule has 9 rings (SSSR count). The number of likely N-dealkylation sites (tertiary alicyclic amines) is 1. The molecule has 0 saturated carbocycles. The highest BCUT2D eigenvalue weighted by Crippen LogP contribution is 2.45. The van der Waals surface area contributed by atoms with Crippen molar-refractivity contribution in [1.82, 2.24) is 34.3 Å². The molecule has 3 N–H and O–H groups in total. The summed E-state index contributed by atoms with van der Waals surface area (Å²) >= 11 is 8.01. The molecule has 3 aliphatic heterocycles. The van der Waals surface area contributed by atoms with Gasteiger partial charge in [0.25, 0.3) is 0 Å². The predicted octanol–water partition coefficient (Wildman–Crippen LogP) is 7.00. The summed E-state index contributed by atoms with van der Waals surface area (Å²) in [6.07, 6.45) is 7.92. The summed E-state index contributed by atoms with van der Waals surface area (Å²) in [5.41, 5.74) is 6.90. The van der Waals surface area contributed by atoms with Crippen LogP contribution in [0.5, 0.6) is 0 Å². The Balaban J connectivity index is 0.000000170. The maximum Gasteiger partial charge on any atom is 0.324 e. The van der Waals surface area contributed by atoms with E-state index in [-0.39, 0.29) is 29.7 Å². The third-order valence-corrected chi connectivity index (χ3v) is 13.9. The number of aromatic nitrogens is 2. The predicted molar refractivity (Wildman–Crippen MR) is 248 cm³/mol. The summed E-state index contributed by atoms with van der Waals surface area (Å²) < 4.78 is 5.94. The second-order valence-electron chi connectivity index (χ2n) is 17.0. The van der Waals surface area contributed by atoms with E-state index in [0.29, 0.717) is 32.1 Å². The maximum atomic E-state index is 13.7. The Kier molecular flexibility index (Phi) is 13.4. The van der Waals surface area contributed by atoms with Gasteiger partial charge in [0.1, 0.15) is 5.82 Å². The van der Waals surface area contributed by atoms with Crippen molar-refractivity contribution in [2.24, 2.45) is 5.92 Å². The molecule has 1 aliphatic carbocycles. The number of H-pyrrole nitrogens is 1. The molecule has 0 bridgehead atoms. The van der Waals surface area contributed by atoms with Gasteiger partial charge in [-0.2, -0.15) is 4.37 Å². The third-order valence-electron chi connectivity index (χ3n) is 12.7. The highest BCUT2D eigenvalue weighted by Gasteiger charge is 2.44. The van der Waals surface area contributed by atoms with Gasteiger partial charge < -0.3 is 25.4 Å². The fourth-order valence-electron chi connectivity index (χ4n) is 9.73. The summed E-state index contributed by atoms with van der Waals surface area (Å²) in [7, 11) is 4.01. The molecule has 0 radical (unpaired) electrons. The number of piperidine rings is 1. The van der Waals surface area contributed by atoms with E-state index in [4.69, 9.17) is 11.6 Å². The molecular formula is C47H58ClN9O3S. The van der Waals surface area contributed by atoms with Crippen LogP contribution in [0.25, 0.3) is 21.0 Å². The molecular weight excluding hydrogens is 806 g/mol. The molecule has 12 nitrogen and oxygen atoms in total. The van der Waals surface area contributed by atoms with Gasteiger partial charge in [-0.05, 0) is 111 Å². The fraction of sp³-hybridized carbons (Fsp3) is 0.447. The first kappa shape index (κ1) is 42.9. The molecule has 2 fully saturated rings. The Morgan fingerprint density at radius 1 is 1.07 bits per heavy atom. The minimum Gasteiger partial charge on any atom is -0.361 e. The number of benzene rings is 3. The first-order chi connectivity index (χ1) is 29.6. The number of amides is 4. The van der Waals surface area contributed by atoms with Crippen LogP contribution < -0.4 is 15.5 Å². The Morgan fingerprint density at radius 3 is 2.67 bits per heavy atom. The number of anilines is 2. The van der Waals surface area contributed by atoms with Crippen LogP contribution in [0.4, 0.5) is 16.3 Å². The van der Waals surface area contributed by atoms with Crippen LogP contribution in [-0.4, -0.2) is 132 Å². The Hall–Kier alpha value is -4.79. The molecule has 0 unspecified atom stereocenters. The third kappa shape index (κ3) is 9.36. The van der Waals surface area contributed by atoms with E-state index in [9.17, 15) is 14.4 Å². The number of imide groups is 1. The standard InChI is InChI=1S/C26H37N5O2.C21H21ClN4OS/c1-5-11-30-17-19(25(32)31(26(33)27-6-2)13-8-12-29(3)4)14-21-20-9-7-10-22-24(20)18(16-28-22)15-23(21)30;22-17-13-18-15(12-20(27)23-18)11-14(17)5-6-25-7-9-26(10-8-25)21-16-3-1-2-4-19(16)28-24-21/h5,7,9-10,16,19,21,23,28H,1,6,8,11-15,17H2,2-4H3,(H,27,33);1-4,11,13H,5-10,12H2,(H,23,27)/t19-,21-,23-;/m1./s1. The molecule has 2 aromatic heterocycles. The molecule has 5 aromatic rings. The average Bonchev–Trinajstić information content (AvgIpc) is 3.98. The molecule has 322 valence electrons. The summed E-state index contributed by atoms with van der Waals surface area (Å²) in [6.45, 7) is 14.0. The van der Waals surface area contributed by atoms with Gasteiger partial charge in [0.15, 0.2) is 0 Å². The smallest absolute Gasteiger partial charge is 0.324 e. The van der Waals surface area contributed by atoms with Gasteiger partial charge in [0, 0.05) is 104 Å². The molecule has 0 spiro atoms. The lowest BCUT2D eigenvalue weighted by molar-refractivity contribution is -0.135. The van der Waals surface area contributed by atoms with Gasteiger partial charge >= 0.3 is 6.03 Å². The normalized spacial score (nSPS) is 19.9. The number of urea groups is 1. The second kappa shape index (κ2) is 19.1. The number of carbonyl (C=O) groups excluding carboxylic acids is 3. The van der Waals surface area contributed by atoms with Gasteiger partial charge in [-0.25, -0.2) is 4.79 Å². The van der Waals surface area contributed by atoms with E-state index in [2.05, 4.69) is 101 Å². The molecule has 3 atom stereocenters. The van der Waals surface area contributed by atoms with Crippen molar-refractivity contribution in [2.45, 2.75) is 51.0 Å². The lowest BCUT2D eigenvalue weighted by atomic mass is 9.72. The topological polar surface area (TPSA) is 120 Å². The number of nitrogens with zero attached hydrogens (tertiary/aromatic N) is 6. The number of aromatic amines is 1. The molecule has 61 heavy (non-hydrogen) atoms. The second-order valence-corrected chi connectivity index (χ2v) is 18.2. The van der Waals surface area contributed by atoms with Crippen molar-refractivity contribution in [3.63, 3.8) is 0 Å². The van der Waals surface area contributed by atoms with Gasteiger partial charge in [0.05, 0.1) is 17.0 Å². The first-order valence-corrected chi connectivity index (χ1v) is 22.9. The van der Waals surface area contributed by atoms with Crippen LogP contribution in [0, 0.1) is 5.92 Å². The zero-order valence-electron chi connectivity index (χ0n) is 35.6. The number of piperazine rings is 1. The van der Waals surface area contributed by atoms with E-state index < -0.39 is 0 Å². The van der Waals surface area contributed by atoms with Gasteiger partial charge in [-0.15, -0.1) is 6.58 Å². The van der Waals surface area contributed by atoms with E-state index in [0.717, 1.165) is 105 Å². The van der Waals surface area contributed by atoms with Gasteiger partial charge in [0.2, 0.25) is 11.8 Å². The largest absolute Gasteiger partial charge is 0.361 e. The Bertz CT molecular complexity index is 2390. The monoisotopic (exact) mass is 863 g/mol. The summed E-state index contributed by atoms with van der Waals surface area (Å²) in [6, 6.07) is 18.9. The number of carbonyl (C=O) groups is 3. The van der Waals surface area contributed by atoms with Crippen LogP contribution >= 0.6 is 23.1 Å². The molecule has 4 aliphatic rings. The van der Waals surface area contributed by atoms with Crippen molar-refractivity contribution < 1.29 is 14.4 Å². The zero-order chi connectivity index (χ0) is 42.6. The number of nitrogens with one attached hydrogen (secondary N) is 3. The number of fused-ring (bicyclic) bond motifs is 4. The van der Waals surface area contributed by atoms with Crippen molar-refractivity contribution in [3.05, 3.63) is 101 Å². The highest BCUT2D eigenvalue weighted by molar-refractivity contribution is 7.13. The molecule has 3 aromatic carbocycles. The maximum absolute atomic E-state index is 13.7. The van der Waals surface area contributed by atoms with Crippen LogP contribution in [0.2, 0.25) is 5.02 Å². The van der Waals surface area contributed by atoms with E-state index in [1.807, 2.05) is 33.2 Å². The molecule has 4 amide bonds. The summed E-state index contributed by atoms with van der Waals surface area (Å²) in [4.78, 5) is 52.4. The van der Waals surface area contributed by atoms with E-state index in [1.54, 1.807) is 11.5 Å². The van der Waals surface area contributed by atoms with Crippen LogP contribution in [0.1, 0.15) is 47.9 Å². The fourth-order valence-corrected chi connectivity index (χ4v) is 10.8. The zero-order valence-corrected chi connectivity index (χ0v) is 37.2. The minimum atomic E-state index is -0.280. The Morgan fingerprint density at radius 2 is 1.89 bits per heavy atom. The molecule has 5 heterocycles. The van der Waals surface area contributed by atoms with Gasteiger partial charge in [-0.1, -0.05) is 48.0 Å². The van der Waals surface area contributed by atoms with Crippen LogP contribution in [0.15, 0.2) is 73.4 Å². The Labute approximate surface area is 368 Å². The van der Waals surface area contributed by atoms with Crippen LogP contribution in [0.3, 0.4) is 0 Å². The number of rotatable bonds is 12. The molecule has 14 heteroatoms. The van der Waals surface area contributed by atoms with Crippen molar-refractivity contribution in [3.8, 4) is 0 Å². The SMILES string of the molecule is C=CCN1C[C@H](C(=O)N(CCCN(C)C)C(=O)NCC)C[C@@H]2c3cccc4[nH]cc(c34)C[C@H]21.O=C1Cc2cc(CCN3CCN(c4nsc5ccccc45)CC3)c(Cl)cc2N1. The summed E-state index contributed by atoms with van der Waals surface area (Å²) in [5, 5.41) is 9.02. The van der Waals surface area contributed by atoms with Crippen LogP contribution in [-0.2, 0) is 28.9 Å². The molecule has 2 saturated heterocycles. The van der Waals surface area contributed by atoms with Gasteiger partial charge in [-0.3, -0.25) is 24.3 Å². The quantitative estimate of drug-likeness (QED) is 0.115. The minimum absolute atomic E-state index is 0.0499. The lowest BCUT2D eigenvalue weighted by Gasteiger charge is -2.47. The summed E-state index contributed by atoms with van der Waals surface area (Å²) in [5.74, 6) is 1.16. The first-order valence-electron chi connectivity index (χ1n) is 21.7. The number of hydrogen-bond donors (Lipinski definition) is 3.